The summed E-state index contributed by atoms with van der Waals surface area (Å²) in [6.45, 7) is 9.96. The lowest BCUT2D eigenvalue weighted by molar-refractivity contribution is 0.0595. The van der Waals surface area contributed by atoms with Crippen LogP contribution in [-0.4, -0.2) is 46.2 Å². The molecule has 0 spiro atoms. The van der Waals surface area contributed by atoms with Gasteiger partial charge in [-0.05, 0) is 19.3 Å². The minimum absolute atomic E-state index is 0.798. The summed E-state index contributed by atoms with van der Waals surface area (Å²) in [5.74, 6) is 2.71. The molecule has 122 valence electrons. The zero-order valence-corrected chi connectivity index (χ0v) is 14.1. The molecule has 1 aromatic rings. The normalized spacial score (nSPS) is 16.1. The van der Waals surface area contributed by atoms with Crippen molar-refractivity contribution in [2.24, 2.45) is 0 Å². The average Bonchev–Trinajstić information content (AvgIpc) is 2.54. The van der Waals surface area contributed by atoms with Gasteiger partial charge in [0, 0.05) is 37.7 Å². The Bertz CT molecular complexity index is 471. The minimum atomic E-state index is 0.798. The SMILES string of the molecule is CCCc1nc(CCC)nc(/C(=C/N2CCOCC2)CC)n1. The second kappa shape index (κ2) is 8.83. The second-order valence-corrected chi connectivity index (χ2v) is 5.65. The van der Waals surface area contributed by atoms with Crippen molar-refractivity contribution in [2.75, 3.05) is 26.3 Å². The Morgan fingerprint density at radius 3 is 2.09 bits per heavy atom. The highest BCUT2D eigenvalue weighted by Crippen LogP contribution is 2.17. The summed E-state index contributed by atoms with van der Waals surface area (Å²) in [6.07, 6.45) is 7.09. The van der Waals surface area contributed by atoms with Crippen LogP contribution < -0.4 is 0 Å². The summed E-state index contributed by atoms with van der Waals surface area (Å²) in [7, 11) is 0. The molecule has 0 unspecified atom stereocenters. The number of ether oxygens (including phenoxy) is 1. The van der Waals surface area contributed by atoms with E-state index in [4.69, 9.17) is 14.7 Å². The van der Waals surface area contributed by atoms with E-state index in [-0.39, 0.29) is 0 Å². The van der Waals surface area contributed by atoms with E-state index in [1.165, 1.54) is 5.57 Å². The van der Waals surface area contributed by atoms with Gasteiger partial charge in [0.25, 0.3) is 0 Å². The van der Waals surface area contributed by atoms with E-state index in [9.17, 15) is 0 Å². The third kappa shape index (κ3) is 4.77. The zero-order chi connectivity index (χ0) is 15.8. The molecule has 0 atom stereocenters. The average molecular weight is 304 g/mol. The molecule has 1 aliphatic heterocycles. The third-order valence-corrected chi connectivity index (χ3v) is 3.73. The summed E-state index contributed by atoms with van der Waals surface area (Å²) in [5, 5.41) is 0. The highest BCUT2D eigenvalue weighted by Gasteiger charge is 2.12. The Kier molecular flexibility index (Phi) is 6.77. The van der Waals surface area contributed by atoms with Gasteiger partial charge in [-0.15, -0.1) is 0 Å². The number of hydrogen-bond donors (Lipinski definition) is 0. The number of nitrogens with zero attached hydrogens (tertiary/aromatic N) is 4. The maximum atomic E-state index is 5.41. The van der Waals surface area contributed by atoms with Gasteiger partial charge in [-0.3, -0.25) is 0 Å². The second-order valence-electron chi connectivity index (χ2n) is 5.65. The molecule has 5 heteroatoms. The minimum Gasteiger partial charge on any atom is -0.378 e. The molecule has 5 nitrogen and oxygen atoms in total. The molecule has 1 aromatic heterocycles. The summed E-state index contributed by atoms with van der Waals surface area (Å²) < 4.78 is 5.41. The van der Waals surface area contributed by atoms with Crippen molar-refractivity contribution in [1.82, 2.24) is 19.9 Å². The Morgan fingerprint density at radius 2 is 1.59 bits per heavy atom. The smallest absolute Gasteiger partial charge is 0.160 e. The third-order valence-electron chi connectivity index (χ3n) is 3.73. The molecule has 22 heavy (non-hydrogen) atoms. The van der Waals surface area contributed by atoms with Crippen LogP contribution in [0.1, 0.15) is 57.5 Å². The van der Waals surface area contributed by atoms with E-state index in [0.29, 0.717) is 0 Å². The van der Waals surface area contributed by atoms with Crippen molar-refractivity contribution < 1.29 is 4.74 Å². The number of morpholine rings is 1. The topological polar surface area (TPSA) is 51.1 Å². The molecule has 1 fully saturated rings. The van der Waals surface area contributed by atoms with Crippen LogP contribution in [0, 0.1) is 0 Å². The van der Waals surface area contributed by atoms with Crippen LogP contribution in [0.25, 0.3) is 5.57 Å². The Hall–Kier alpha value is -1.49. The van der Waals surface area contributed by atoms with E-state index in [1.807, 2.05) is 0 Å². The van der Waals surface area contributed by atoms with Gasteiger partial charge in [0.1, 0.15) is 11.6 Å². The first kappa shape index (κ1) is 16.9. The molecular weight excluding hydrogens is 276 g/mol. The monoisotopic (exact) mass is 304 g/mol. The molecule has 0 saturated carbocycles. The van der Waals surface area contributed by atoms with Crippen molar-refractivity contribution in [3.63, 3.8) is 0 Å². The van der Waals surface area contributed by atoms with Gasteiger partial charge < -0.3 is 9.64 Å². The number of hydrogen-bond acceptors (Lipinski definition) is 5. The lowest BCUT2D eigenvalue weighted by atomic mass is 10.2. The van der Waals surface area contributed by atoms with Gasteiger partial charge in [0.2, 0.25) is 0 Å². The molecule has 2 heterocycles. The molecule has 0 aromatic carbocycles. The van der Waals surface area contributed by atoms with E-state index >= 15 is 0 Å². The fraction of sp³-hybridized carbons (Fsp3) is 0.706. The van der Waals surface area contributed by atoms with E-state index < -0.39 is 0 Å². The van der Waals surface area contributed by atoms with Gasteiger partial charge in [-0.25, -0.2) is 15.0 Å². The molecule has 1 aliphatic rings. The van der Waals surface area contributed by atoms with Crippen LogP contribution in [0.5, 0.6) is 0 Å². The van der Waals surface area contributed by atoms with Crippen molar-refractivity contribution in [1.29, 1.82) is 0 Å². The van der Waals surface area contributed by atoms with E-state index in [2.05, 4.69) is 36.9 Å². The van der Waals surface area contributed by atoms with Gasteiger partial charge in [0.15, 0.2) is 5.82 Å². The molecule has 0 radical (unpaired) electrons. The molecule has 0 bridgehead atoms. The molecule has 0 aliphatic carbocycles. The fourth-order valence-electron chi connectivity index (χ4n) is 2.52. The number of aromatic nitrogens is 3. The van der Waals surface area contributed by atoms with Crippen LogP contribution in [0.15, 0.2) is 6.20 Å². The summed E-state index contributed by atoms with van der Waals surface area (Å²) in [4.78, 5) is 16.3. The molecule has 1 saturated heterocycles. The molecule has 0 amide bonds. The van der Waals surface area contributed by atoms with Gasteiger partial charge in [0.05, 0.1) is 13.2 Å². The van der Waals surface area contributed by atoms with Crippen LogP contribution in [0.2, 0.25) is 0 Å². The maximum absolute atomic E-state index is 5.41. The quantitative estimate of drug-likeness (QED) is 0.775. The van der Waals surface area contributed by atoms with Crippen molar-refractivity contribution in [3.05, 3.63) is 23.7 Å². The van der Waals surface area contributed by atoms with Gasteiger partial charge >= 0.3 is 0 Å². The van der Waals surface area contributed by atoms with E-state index in [1.54, 1.807) is 0 Å². The zero-order valence-electron chi connectivity index (χ0n) is 14.1. The Labute approximate surface area is 133 Å². The standard InChI is InChI=1S/C17H28N4O/c1-4-7-15-18-16(8-5-2)20-17(19-15)14(6-3)13-21-9-11-22-12-10-21/h13H,4-12H2,1-3H3/b14-13+. The van der Waals surface area contributed by atoms with Crippen LogP contribution in [-0.2, 0) is 17.6 Å². The number of aryl methyl sites for hydroxylation is 2. The Balaban J connectivity index is 2.27. The molecular formula is C17H28N4O. The van der Waals surface area contributed by atoms with Crippen molar-refractivity contribution in [3.8, 4) is 0 Å². The van der Waals surface area contributed by atoms with Crippen LogP contribution >= 0.6 is 0 Å². The number of allylic oxidation sites excluding steroid dienone is 1. The largest absolute Gasteiger partial charge is 0.378 e. The lowest BCUT2D eigenvalue weighted by Crippen LogP contribution is -2.32. The lowest BCUT2D eigenvalue weighted by Gasteiger charge is -2.26. The first-order valence-corrected chi connectivity index (χ1v) is 8.53. The van der Waals surface area contributed by atoms with Gasteiger partial charge in [-0.2, -0.15) is 0 Å². The molecule has 2 rings (SSSR count). The van der Waals surface area contributed by atoms with Crippen molar-refractivity contribution in [2.45, 2.75) is 52.9 Å². The first-order chi connectivity index (χ1) is 10.8. The summed E-state index contributed by atoms with van der Waals surface area (Å²) in [6, 6.07) is 0. The first-order valence-electron chi connectivity index (χ1n) is 8.53. The fourth-order valence-corrected chi connectivity index (χ4v) is 2.52. The van der Waals surface area contributed by atoms with E-state index in [0.717, 1.165) is 75.9 Å². The predicted octanol–water partition coefficient (Wildman–Crippen LogP) is 2.86. The van der Waals surface area contributed by atoms with Gasteiger partial charge in [-0.1, -0.05) is 20.8 Å². The Morgan fingerprint density at radius 1 is 1.00 bits per heavy atom. The number of rotatable bonds is 7. The molecule has 0 N–H and O–H groups in total. The maximum Gasteiger partial charge on any atom is 0.160 e. The highest BCUT2D eigenvalue weighted by atomic mass is 16.5. The summed E-state index contributed by atoms with van der Waals surface area (Å²) in [5.41, 5.74) is 1.19. The van der Waals surface area contributed by atoms with Crippen molar-refractivity contribution >= 4 is 5.57 Å². The highest BCUT2D eigenvalue weighted by molar-refractivity contribution is 5.58. The van der Waals surface area contributed by atoms with Crippen LogP contribution in [0.4, 0.5) is 0 Å². The van der Waals surface area contributed by atoms with Crippen LogP contribution in [0.3, 0.4) is 0 Å². The summed E-state index contributed by atoms with van der Waals surface area (Å²) >= 11 is 0. The predicted molar refractivity (Wildman–Crippen MR) is 88.5 cm³/mol.